The molecule has 0 aromatic carbocycles. The van der Waals surface area contributed by atoms with Crippen molar-refractivity contribution in [2.75, 3.05) is 33.7 Å². The Morgan fingerprint density at radius 2 is 2.27 bits per heavy atom. The maximum absolute atomic E-state index is 5.06. The zero-order chi connectivity index (χ0) is 11.5. The molecule has 15 heavy (non-hydrogen) atoms. The van der Waals surface area contributed by atoms with Crippen LogP contribution in [-0.2, 0) is 0 Å². The van der Waals surface area contributed by atoms with Gasteiger partial charge in [0.25, 0.3) is 0 Å². The largest absolute Gasteiger partial charge is 0.318 e. The highest BCUT2D eigenvalue weighted by Crippen LogP contribution is 2.03. The molecule has 0 aliphatic rings. The van der Waals surface area contributed by atoms with E-state index < -0.39 is 0 Å². The highest BCUT2D eigenvalue weighted by Gasteiger charge is 2.01. The van der Waals surface area contributed by atoms with Crippen molar-refractivity contribution in [1.82, 2.24) is 10.2 Å². The predicted octanol–water partition coefficient (Wildman–Crippen LogP) is 1.15. The van der Waals surface area contributed by atoms with Crippen LogP contribution in [0.1, 0.15) is 19.8 Å². The first kappa shape index (κ1) is 14.1. The molecule has 3 N–H and O–H groups in total. The fourth-order valence-electron chi connectivity index (χ4n) is 1.18. The highest BCUT2D eigenvalue weighted by molar-refractivity contribution is 5.01. The van der Waals surface area contributed by atoms with Gasteiger partial charge in [-0.05, 0) is 20.5 Å². The summed E-state index contributed by atoms with van der Waals surface area (Å²) in [5.74, 6) is 5.06. The predicted molar refractivity (Wildman–Crippen MR) is 63.5 cm³/mol. The number of likely N-dealkylation sites (N-methyl/N-ethyl adjacent to an activating group) is 2. The standard InChI is InChI=1S/C10H23N5/c1-4-5-6-10(13-14-11)9-15(3)8-7-12-2/h6,12H,4-5,7-9H2,1-3H3,(H2,11,13)/b10-6+. The van der Waals surface area contributed by atoms with Crippen molar-refractivity contribution in [1.29, 1.82) is 0 Å². The maximum atomic E-state index is 5.06. The summed E-state index contributed by atoms with van der Waals surface area (Å²) in [5.41, 5.74) is 0.943. The molecule has 0 bridgehead atoms. The van der Waals surface area contributed by atoms with Crippen LogP contribution in [-0.4, -0.2) is 38.6 Å². The third-order valence-electron chi connectivity index (χ3n) is 2.03. The van der Waals surface area contributed by atoms with Crippen LogP contribution in [0.4, 0.5) is 0 Å². The van der Waals surface area contributed by atoms with Crippen molar-refractivity contribution in [3.63, 3.8) is 0 Å². The summed E-state index contributed by atoms with van der Waals surface area (Å²) in [5, 5.41) is 10.4. The SMILES string of the molecule is CCC/C=C(CN(C)CCNC)/N=N\N. The minimum absolute atomic E-state index is 0.794. The second-order valence-corrected chi connectivity index (χ2v) is 3.54. The second-order valence-electron chi connectivity index (χ2n) is 3.54. The molecule has 0 saturated heterocycles. The maximum Gasteiger partial charge on any atom is 0.0748 e. The molecule has 5 heteroatoms. The summed E-state index contributed by atoms with van der Waals surface area (Å²) in [4.78, 5) is 2.19. The number of hydrogen-bond acceptors (Lipinski definition) is 4. The van der Waals surface area contributed by atoms with E-state index >= 15 is 0 Å². The molecular weight excluding hydrogens is 190 g/mol. The van der Waals surface area contributed by atoms with Crippen molar-refractivity contribution in [2.24, 2.45) is 16.2 Å². The zero-order valence-corrected chi connectivity index (χ0v) is 10.0. The number of rotatable bonds is 8. The van der Waals surface area contributed by atoms with Crippen molar-refractivity contribution in [2.45, 2.75) is 19.8 Å². The fourth-order valence-corrected chi connectivity index (χ4v) is 1.18. The molecule has 5 nitrogen and oxygen atoms in total. The first-order valence-electron chi connectivity index (χ1n) is 5.37. The van der Waals surface area contributed by atoms with Crippen LogP contribution >= 0.6 is 0 Å². The van der Waals surface area contributed by atoms with Crippen molar-refractivity contribution in [3.8, 4) is 0 Å². The van der Waals surface area contributed by atoms with Gasteiger partial charge >= 0.3 is 0 Å². The molecule has 0 unspecified atom stereocenters. The average molecular weight is 213 g/mol. The van der Waals surface area contributed by atoms with Gasteiger partial charge in [0.05, 0.1) is 5.70 Å². The minimum Gasteiger partial charge on any atom is -0.318 e. The Hall–Kier alpha value is -0.940. The van der Waals surface area contributed by atoms with Crippen LogP contribution in [0.3, 0.4) is 0 Å². The molecule has 0 radical (unpaired) electrons. The fraction of sp³-hybridized carbons (Fsp3) is 0.800. The molecular formula is C10H23N5. The van der Waals surface area contributed by atoms with Crippen LogP contribution < -0.4 is 11.2 Å². The van der Waals surface area contributed by atoms with Gasteiger partial charge in [-0.25, -0.2) is 0 Å². The number of nitrogens with zero attached hydrogens (tertiary/aromatic N) is 3. The molecule has 0 rings (SSSR count). The van der Waals surface area contributed by atoms with E-state index in [2.05, 4.69) is 40.6 Å². The van der Waals surface area contributed by atoms with E-state index in [1.54, 1.807) is 0 Å². The van der Waals surface area contributed by atoms with Gasteiger partial charge in [0.15, 0.2) is 0 Å². The Balaban J connectivity index is 4.03. The molecule has 88 valence electrons. The Kier molecular flexibility index (Phi) is 9.01. The molecule has 0 spiro atoms. The Morgan fingerprint density at radius 1 is 1.53 bits per heavy atom. The van der Waals surface area contributed by atoms with E-state index in [-0.39, 0.29) is 0 Å². The van der Waals surface area contributed by atoms with E-state index in [0.717, 1.165) is 38.2 Å². The molecule has 0 aliphatic carbocycles. The van der Waals surface area contributed by atoms with E-state index in [9.17, 15) is 0 Å². The lowest BCUT2D eigenvalue weighted by Gasteiger charge is -2.15. The summed E-state index contributed by atoms with van der Waals surface area (Å²) >= 11 is 0. The average Bonchev–Trinajstić information content (AvgIpc) is 2.23. The van der Waals surface area contributed by atoms with Gasteiger partial charge in [0, 0.05) is 19.6 Å². The van der Waals surface area contributed by atoms with Gasteiger partial charge in [-0.1, -0.05) is 24.6 Å². The smallest absolute Gasteiger partial charge is 0.0748 e. The van der Waals surface area contributed by atoms with Crippen LogP contribution in [0.5, 0.6) is 0 Å². The van der Waals surface area contributed by atoms with Gasteiger partial charge in [0.2, 0.25) is 0 Å². The molecule has 0 aromatic rings. The summed E-state index contributed by atoms with van der Waals surface area (Å²) in [7, 11) is 4.00. The van der Waals surface area contributed by atoms with Gasteiger partial charge in [-0.2, -0.15) is 0 Å². The first-order chi connectivity index (χ1) is 7.24. The van der Waals surface area contributed by atoms with Gasteiger partial charge in [0.1, 0.15) is 0 Å². The van der Waals surface area contributed by atoms with Gasteiger partial charge < -0.3 is 11.2 Å². The van der Waals surface area contributed by atoms with Crippen LogP contribution in [0.25, 0.3) is 0 Å². The van der Waals surface area contributed by atoms with Crippen molar-refractivity contribution < 1.29 is 0 Å². The van der Waals surface area contributed by atoms with Crippen LogP contribution in [0.2, 0.25) is 0 Å². The van der Waals surface area contributed by atoms with Crippen LogP contribution in [0, 0.1) is 0 Å². The number of nitrogens with one attached hydrogen (secondary N) is 1. The molecule has 0 aliphatic heterocycles. The van der Waals surface area contributed by atoms with Gasteiger partial charge in [-0.3, -0.25) is 4.90 Å². The summed E-state index contributed by atoms with van der Waals surface area (Å²) in [6.45, 7) is 4.89. The Bertz CT molecular complexity index is 200. The third-order valence-corrected chi connectivity index (χ3v) is 2.03. The second kappa shape index (κ2) is 9.61. The molecule has 0 heterocycles. The molecule has 0 fully saturated rings. The molecule has 0 aromatic heterocycles. The van der Waals surface area contributed by atoms with Gasteiger partial charge in [-0.15, -0.1) is 5.11 Å². The first-order valence-corrected chi connectivity index (χ1v) is 5.37. The molecule has 0 saturated carbocycles. The lowest BCUT2D eigenvalue weighted by molar-refractivity contribution is 0.360. The third kappa shape index (κ3) is 8.08. The topological polar surface area (TPSA) is 66.0 Å². The summed E-state index contributed by atoms with van der Waals surface area (Å²) in [6, 6.07) is 0. The monoisotopic (exact) mass is 213 g/mol. The lowest BCUT2D eigenvalue weighted by atomic mass is 10.2. The normalized spacial score (nSPS) is 12.9. The van der Waals surface area contributed by atoms with Crippen molar-refractivity contribution in [3.05, 3.63) is 11.8 Å². The number of hydrogen-bond donors (Lipinski definition) is 2. The Labute approximate surface area is 92.4 Å². The van der Waals surface area contributed by atoms with E-state index in [4.69, 9.17) is 5.84 Å². The quantitative estimate of drug-likeness (QED) is 0.361. The highest BCUT2D eigenvalue weighted by atomic mass is 15.3. The number of unbranched alkanes of at least 4 members (excludes halogenated alkanes) is 1. The lowest BCUT2D eigenvalue weighted by Crippen LogP contribution is -2.28. The Morgan fingerprint density at radius 3 is 2.80 bits per heavy atom. The molecule has 0 atom stereocenters. The summed E-state index contributed by atoms with van der Waals surface area (Å²) in [6.07, 6.45) is 4.23. The molecule has 0 amide bonds. The summed E-state index contributed by atoms with van der Waals surface area (Å²) < 4.78 is 0. The van der Waals surface area contributed by atoms with E-state index in [1.165, 1.54) is 0 Å². The van der Waals surface area contributed by atoms with E-state index in [1.807, 2.05) is 7.05 Å². The number of nitrogens with two attached hydrogens (primary N) is 1. The van der Waals surface area contributed by atoms with Crippen molar-refractivity contribution >= 4 is 0 Å². The zero-order valence-electron chi connectivity index (χ0n) is 10.0. The minimum atomic E-state index is 0.794. The van der Waals surface area contributed by atoms with Crippen LogP contribution in [0.15, 0.2) is 22.1 Å². The number of allylic oxidation sites excluding steroid dienone is 1. The van der Waals surface area contributed by atoms with E-state index in [0.29, 0.717) is 0 Å².